The Bertz CT molecular complexity index is 1380. The van der Waals surface area contributed by atoms with E-state index in [1.807, 2.05) is 26.8 Å². The molecular weight excluding hydrogens is 498 g/mol. The Kier molecular flexibility index (Phi) is 7.68. The van der Waals surface area contributed by atoms with Gasteiger partial charge in [0, 0.05) is 29.7 Å². The van der Waals surface area contributed by atoms with Gasteiger partial charge in [0.25, 0.3) is 0 Å². The first-order chi connectivity index (χ1) is 17.1. The lowest BCUT2D eigenvalue weighted by Gasteiger charge is -2.30. The molecule has 0 radical (unpaired) electrons. The van der Waals surface area contributed by atoms with Crippen LogP contribution >= 0.6 is 11.6 Å². The van der Waals surface area contributed by atoms with Crippen molar-refractivity contribution >= 4 is 45.4 Å². The molecule has 1 saturated heterocycles. The lowest BCUT2D eigenvalue weighted by molar-refractivity contribution is -0.120. The average molecular weight is 528 g/mol. The van der Waals surface area contributed by atoms with E-state index in [1.54, 1.807) is 37.3 Å². The number of amides is 1. The normalized spacial score (nSPS) is 15.5. The number of hydrogen-bond donors (Lipinski definition) is 1. The van der Waals surface area contributed by atoms with Gasteiger partial charge in [0.1, 0.15) is 5.69 Å². The molecule has 0 unspecified atom stereocenters. The molecule has 0 saturated carbocycles. The minimum Gasteiger partial charge on any atom is -0.355 e. The third kappa shape index (κ3) is 5.56. The van der Waals surface area contributed by atoms with Gasteiger partial charge in [-0.2, -0.15) is 4.31 Å². The minimum atomic E-state index is -3.84. The number of hydrogen-bond acceptors (Lipinski definition) is 5. The highest BCUT2D eigenvalue weighted by molar-refractivity contribution is 7.89. The molecule has 190 valence electrons. The van der Waals surface area contributed by atoms with E-state index >= 15 is 0 Å². The van der Waals surface area contributed by atoms with E-state index in [9.17, 15) is 13.2 Å². The lowest BCUT2D eigenvalue weighted by Crippen LogP contribution is -2.41. The highest BCUT2D eigenvalue weighted by Crippen LogP contribution is 2.30. The molecule has 2 heterocycles. The van der Waals surface area contributed by atoms with Gasteiger partial charge in [0.05, 0.1) is 0 Å². The van der Waals surface area contributed by atoms with Gasteiger partial charge in [-0.25, -0.2) is 8.42 Å². The summed E-state index contributed by atoms with van der Waals surface area (Å²) in [6.45, 7) is 8.20. The minimum absolute atomic E-state index is 0.0743. The van der Waals surface area contributed by atoms with Gasteiger partial charge >= 0.3 is 0 Å². The maximum absolute atomic E-state index is 13.6. The molecule has 9 heteroatoms. The fourth-order valence-corrected chi connectivity index (χ4v) is 6.52. The lowest BCUT2D eigenvalue weighted by atomic mass is 9.97. The predicted octanol–water partition coefficient (Wildman–Crippen LogP) is 5.77. The van der Waals surface area contributed by atoms with Gasteiger partial charge in [-0.1, -0.05) is 40.5 Å². The Hall–Kier alpha value is -2.94. The highest BCUT2D eigenvalue weighted by Gasteiger charge is 2.36. The van der Waals surface area contributed by atoms with Gasteiger partial charge < -0.3 is 9.84 Å². The molecule has 0 spiro atoms. The summed E-state index contributed by atoms with van der Waals surface area (Å²) in [6.07, 6.45) is 4.39. The van der Waals surface area contributed by atoms with Crippen molar-refractivity contribution in [2.24, 2.45) is 5.92 Å². The number of nitrogens with one attached hydrogen (secondary N) is 1. The standard InChI is InChI=1S/C27H30ClN3O4S/c1-17-15-18(2)24(19(3)16-17)9-10-25-26(20(4)30-35-25)36(33,34)31-13-11-21(12-14-31)27(32)29-23-7-5-22(28)6-8-23/h5-10,15-16,21H,11-14H2,1-4H3,(H,29,32). The van der Waals surface area contributed by atoms with Gasteiger partial charge in [-0.15, -0.1) is 0 Å². The van der Waals surface area contributed by atoms with Crippen LogP contribution in [0.15, 0.2) is 45.8 Å². The van der Waals surface area contributed by atoms with E-state index in [-0.39, 0.29) is 35.6 Å². The van der Waals surface area contributed by atoms with Crippen molar-refractivity contribution in [2.75, 3.05) is 18.4 Å². The molecule has 4 rings (SSSR count). The predicted molar refractivity (Wildman–Crippen MR) is 142 cm³/mol. The fraction of sp³-hybridized carbons (Fsp3) is 0.333. The highest BCUT2D eigenvalue weighted by atomic mass is 35.5. The Labute approximate surface area is 217 Å². The van der Waals surface area contributed by atoms with Gasteiger partial charge in [0.2, 0.25) is 15.9 Å². The third-order valence-electron chi connectivity index (χ3n) is 6.51. The smallest absolute Gasteiger partial charge is 0.248 e. The van der Waals surface area contributed by atoms with Crippen molar-refractivity contribution in [3.05, 3.63) is 75.1 Å². The second kappa shape index (κ2) is 10.6. The van der Waals surface area contributed by atoms with Gasteiger partial charge in [-0.3, -0.25) is 4.79 Å². The van der Waals surface area contributed by atoms with Crippen molar-refractivity contribution < 1.29 is 17.7 Å². The molecule has 1 fully saturated rings. The van der Waals surface area contributed by atoms with Crippen LogP contribution in [-0.4, -0.2) is 36.9 Å². The molecule has 2 aromatic carbocycles. The monoisotopic (exact) mass is 527 g/mol. The number of carbonyl (C=O) groups is 1. The van der Waals surface area contributed by atoms with Crippen LogP contribution in [0.25, 0.3) is 12.2 Å². The molecule has 1 amide bonds. The SMILES string of the molecule is Cc1cc(C)c(C=Cc2onc(C)c2S(=O)(=O)N2CCC(C(=O)Nc3ccc(Cl)cc3)CC2)c(C)c1. The fourth-order valence-electron chi connectivity index (χ4n) is 4.68. The Morgan fingerprint density at radius 2 is 1.67 bits per heavy atom. The molecule has 1 aromatic heterocycles. The van der Waals surface area contributed by atoms with Crippen molar-refractivity contribution in [1.82, 2.24) is 9.46 Å². The zero-order chi connectivity index (χ0) is 26.0. The summed E-state index contributed by atoms with van der Waals surface area (Å²) in [5.74, 6) is -0.194. The number of benzene rings is 2. The zero-order valence-corrected chi connectivity index (χ0v) is 22.4. The van der Waals surface area contributed by atoms with E-state index in [1.165, 1.54) is 9.87 Å². The van der Waals surface area contributed by atoms with E-state index in [2.05, 4.69) is 22.6 Å². The Balaban J connectivity index is 1.48. The Morgan fingerprint density at radius 3 is 2.28 bits per heavy atom. The van der Waals surface area contributed by atoms with Crippen LogP contribution in [0.2, 0.25) is 5.02 Å². The second-order valence-corrected chi connectivity index (χ2v) is 11.6. The number of aryl methyl sites for hydroxylation is 4. The van der Waals surface area contributed by atoms with E-state index in [4.69, 9.17) is 16.1 Å². The van der Waals surface area contributed by atoms with Crippen molar-refractivity contribution in [1.29, 1.82) is 0 Å². The number of rotatable bonds is 6. The number of nitrogens with zero attached hydrogens (tertiary/aromatic N) is 2. The molecule has 1 N–H and O–H groups in total. The molecule has 3 aromatic rings. The molecule has 1 aliphatic heterocycles. The summed E-state index contributed by atoms with van der Waals surface area (Å²) in [5.41, 5.74) is 5.37. The van der Waals surface area contributed by atoms with Crippen LogP contribution in [0.4, 0.5) is 5.69 Å². The van der Waals surface area contributed by atoms with Crippen LogP contribution < -0.4 is 5.32 Å². The molecule has 36 heavy (non-hydrogen) atoms. The molecular formula is C27H30ClN3O4S. The van der Waals surface area contributed by atoms with E-state index in [0.29, 0.717) is 29.2 Å². The quantitative estimate of drug-likeness (QED) is 0.439. The van der Waals surface area contributed by atoms with Gasteiger partial charge in [-0.05, 0) is 87.6 Å². The van der Waals surface area contributed by atoms with Crippen LogP contribution in [0, 0.1) is 33.6 Å². The Morgan fingerprint density at radius 1 is 1.06 bits per heavy atom. The first-order valence-electron chi connectivity index (χ1n) is 11.8. The number of carbonyl (C=O) groups excluding carboxylic acids is 1. The van der Waals surface area contributed by atoms with Crippen molar-refractivity contribution in [3.63, 3.8) is 0 Å². The molecule has 7 nitrogen and oxygen atoms in total. The third-order valence-corrected chi connectivity index (χ3v) is 8.82. The second-order valence-electron chi connectivity index (χ2n) is 9.28. The largest absolute Gasteiger partial charge is 0.355 e. The first kappa shape index (κ1) is 26.1. The molecule has 0 atom stereocenters. The van der Waals surface area contributed by atoms with Crippen LogP contribution in [0.1, 0.15) is 46.5 Å². The summed E-state index contributed by atoms with van der Waals surface area (Å²) >= 11 is 5.90. The zero-order valence-electron chi connectivity index (χ0n) is 20.8. The topological polar surface area (TPSA) is 92.5 Å². The molecule has 1 aliphatic rings. The van der Waals surface area contributed by atoms with E-state index in [0.717, 1.165) is 16.7 Å². The summed E-state index contributed by atoms with van der Waals surface area (Å²) in [6, 6.07) is 11.1. The molecule has 0 bridgehead atoms. The average Bonchev–Trinajstić information content (AvgIpc) is 3.21. The van der Waals surface area contributed by atoms with Crippen LogP contribution in [0.5, 0.6) is 0 Å². The maximum Gasteiger partial charge on any atom is 0.248 e. The number of piperidine rings is 1. The van der Waals surface area contributed by atoms with Crippen LogP contribution in [-0.2, 0) is 14.8 Å². The molecule has 0 aliphatic carbocycles. The van der Waals surface area contributed by atoms with Gasteiger partial charge in [0.15, 0.2) is 10.7 Å². The van der Waals surface area contributed by atoms with Crippen molar-refractivity contribution in [3.8, 4) is 0 Å². The summed E-state index contributed by atoms with van der Waals surface area (Å²) in [4.78, 5) is 12.8. The first-order valence-corrected chi connectivity index (χ1v) is 13.7. The van der Waals surface area contributed by atoms with Crippen LogP contribution in [0.3, 0.4) is 0 Å². The van der Waals surface area contributed by atoms with Crippen molar-refractivity contribution in [2.45, 2.75) is 45.4 Å². The number of sulfonamides is 1. The summed E-state index contributed by atoms with van der Waals surface area (Å²) < 4.78 is 33.9. The maximum atomic E-state index is 13.6. The summed E-state index contributed by atoms with van der Waals surface area (Å²) in [7, 11) is -3.84. The number of aromatic nitrogens is 1. The summed E-state index contributed by atoms with van der Waals surface area (Å²) in [5, 5.41) is 7.41. The number of anilines is 1. The van der Waals surface area contributed by atoms with E-state index < -0.39 is 10.0 Å². The number of halogens is 1.